The van der Waals surface area contributed by atoms with Gasteiger partial charge in [-0.2, -0.15) is 0 Å². The first-order valence-electron chi connectivity index (χ1n) is 10.4. The molecule has 0 aliphatic rings. The minimum Gasteiger partial charge on any atom is -0.491 e. The van der Waals surface area contributed by atoms with Crippen molar-refractivity contribution >= 4 is 34.2 Å². The van der Waals surface area contributed by atoms with E-state index in [9.17, 15) is 9.59 Å². The number of anilines is 2. The number of hydrogen-bond acceptors (Lipinski definition) is 4. The SMILES string of the molecule is Cc1cc(NC(=O)c2ccc(OC(C)C)cc2)ccc1NC(=O)c1cc2ccccc2o1. The quantitative estimate of drug-likeness (QED) is 0.393. The minimum atomic E-state index is -0.329. The number of nitrogens with one attached hydrogen (secondary N) is 2. The van der Waals surface area contributed by atoms with E-state index in [4.69, 9.17) is 9.15 Å². The van der Waals surface area contributed by atoms with Crippen LogP contribution in [0.4, 0.5) is 11.4 Å². The van der Waals surface area contributed by atoms with Crippen LogP contribution in [-0.4, -0.2) is 17.9 Å². The van der Waals surface area contributed by atoms with Crippen LogP contribution in [0, 0.1) is 6.92 Å². The zero-order chi connectivity index (χ0) is 22.7. The number of aryl methyl sites for hydroxylation is 1. The van der Waals surface area contributed by atoms with Crippen LogP contribution in [0.25, 0.3) is 11.0 Å². The molecule has 0 radical (unpaired) electrons. The number of hydrogen-bond donors (Lipinski definition) is 2. The molecule has 2 amide bonds. The van der Waals surface area contributed by atoms with Gasteiger partial charge in [-0.05, 0) is 80.9 Å². The highest BCUT2D eigenvalue weighted by molar-refractivity contribution is 6.06. The molecule has 0 spiro atoms. The molecule has 4 aromatic rings. The summed E-state index contributed by atoms with van der Waals surface area (Å²) in [5, 5.41) is 6.61. The maximum atomic E-state index is 12.6. The molecule has 0 atom stereocenters. The lowest BCUT2D eigenvalue weighted by atomic mass is 10.1. The number of benzene rings is 3. The molecule has 32 heavy (non-hydrogen) atoms. The zero-order valence-corrected chi connectivity index (χ0v) is 18.1. The number of carbonyl (C=O) groups is 2. The summed E-state index contributed by atoms with van der Waals surface area (Å²) in [5.74, 6) is 0.411. The molecule has 4 rings (SSSR count). The van der Waals surface area contributed by atoms with Crippen molar-refractivity contribution in [1.82, 2.24) is 0 Å². The van der Waals surface area contributed by atoms with Crippen LogP contribution < -0.4 is 15.4 Å². The fourth-order valence-corrected chi connectivity index (χ4v) is 3.32. The second-order valence-electron chi connectivity index (χ2n) is 7.78. The molecule has 162 valence electrons. The third kappa shape index (κ3) is 4.81. The van der Waals surface area contributed by atoms with Gasteiger partial charge in [0, 0.05) is 22.3 Å². The summed E-state index contributed by atoms with van der Waals surface area (Å²) in [6.07, 6.45) is 0.0727. The molecule has 2 N–H and O–H groups in total. The average molecular weight is 428 g/mol. The van der Waals surface area contributed by atoms with Crippen molar-refractivity contribution in [3.63, 3.8) is 0 Å². The summed E-state index contributed by atoms with van der Waals surface area (Å²) in [7, 11) is 0. The van der Waals surface area contributed by atoms with E-state index in [1.165, 1.54) is 0 Å². The van der Waals surface area contributed by atoms with E-state index in [1.807, 2.05) is 51.1 Å². The predicted molar refractivity (Wildman–Crippen MR) is 126 cm³/mol. The van der Waals surface area contributed by atoms with Crippen molar-refractivity contribution in [2.75, 3.05) is 10.6 Å². The van der Waals surface area contributed by atoms with Crippen LogP contribution in [0.15, 0.2) is 77.2 Å². The van der Waals surface area contributed by atoms with Gasteiger partial charge in [0.25, 0.3) is 11.8 Å². The Morgan fingerprint density at radius 2 is 1.62 bits per heavy atom. The van der Waals surface area contributed by atoms with E-state index in [0.717, 1.165) is 16.7 Å². The minimum absolute atomic E-state index is 0.0727. The molecule has 1 heterocycles. The molecule has 1 aromatic heterocycles. The lowest BCUT2D eigenvalue weighted by Crippen LogP contribution is -2.14. The number of fused-ring (bicyclic) bond motifs is 1. The highest BCUT2D eigenvalue weighted by Crippen LogP contribution is 2.24. The van der Waals surface area contributed by atoms with Gasteiger partial charge >= 0.3 is 0 Å². The molecule has 0 saturated carbocycles. The van der Waals surface area contributed by atoms with E-state index in [0.29, 0.717) is 22.5 Å². The van der Waals surface area contributed by atoms with Crippen molar-refractivity contribution in [2.45, 2.75) is 26.9 Å². The molecular formula is C26H24N2O4. The molecule has 0 bridgehead atoms. The molecule has 6 heteroatoms. The highest BCUT2D eigenvalue weighted by Gasteiger charge is 2.14. The van der Waals surface area contributed by atoms with Crippen LogP contribution in [0.2, 0.25) is 0 Å². The van der Waals surface area contributed by atoms with Gasteiger partial charge < -0.3 is 19.8 Å². The van der Waals surface area contributed by atoms with E-state index in [1.54, 1.807) is 42.5 Å². The molecule has 0 aliphatic carbocycles. The fourth-order valence-electron chi connectivity index (χ4n) is 3.32. The largest absolute Gasteiger partial charge is 0.491 e. The van der Waals surface area contributed by atoms with Gasteiger partial charge in [-0.15, -0.1) is 0 Å². The monoisotopic (exact) mass is 428 g/mol. The van der Waals surface area contributed by atoms with Gasteiger partial charge in [-0.25, -0.2) is 0 Å². The van der Waals surface area contributed by atoms with Gasteiger partial charge in [0.05, 0.1) is 6.10 Å². The third-order valence-electron chi connectivity index (χ3n) is 4.87. The summed E-state index contributed by atoms with van der Waals surface area (Å²) in [6, 6.07) is 21.5. The molecular weight excluding hydrogens is 404 g/mol. The summed E-state index contributed by atoms with van der Waals surface area (Å²) in [6.45, 7) is 5.76. The Hall–Kier alpha value is -4.06. The summed E-state index contributed by atoms with van der Waals surface area (Å²) >= 11 is 0. The van der Waals surface area contributed by atoms with Gasteiger partial charge in [0.1, 0.15) is 11.3 Å². The van der Waals surface area contributed by atoms with E-state index < -0.39 is 0 Å². The normalized spacial score (nSPS) is 10.9. The van der Waals surface area contributed by atoms with Crippen LogP contribution in [-0.2, 0) is 0 Å². The molecule has 0 saturated heterocycles. The predicted octanol–water partition coefficient (Wildman–Crippen LogP) is 6.03. The molecule has 0 unspecified atom stereocenters. The third-order valence-corrected chi connectivity index (χ3v) is 4.87. The Morgan fingerprint density at radius 3 is 2.31 bits per heavy atom. The number of rotatable bonds is 6. The topological polar surface area (TPSA) is 80.6 Å². The van der Waals surface area contributed by atoms with Gasteiger partial charge in [0.2, 0.25) is 0 Å². The fraction of sp³-hybridized carbons (Fsp3) is 0.154. The van der Waals surface area contributed by atoms with Crippen LogP contribution in [0.1, 0.15) is 40.3 Å². The maximum Gasteiger partial charge on any atom is 0.291 e. The standard InChI is InChI=1S/C26H24N2O4/c1-16(2)31-21-11-8-18(9-12-21)25(29)27-20-10-13-22(17(3)14-20)28-26(30)24-15-19-6-4-5-7-23(19)32-24/h4-16H,1-3H3,(H,27,29)(H,28,30). The lowest BCUT2D eigenvalue weighted by Gasteiger charge is -2.12. The lowest BCUT2D eigenvalue weighted by molar-refractivity contribution is 0.0996. The number of amides is 2. The Morgan fingerprint density at radius 1 is 0.875 bits per heavy atom. The summed E-state index contributed by atoms with van der Waals surface area (Å²) < 4.78 is 11.2. The van der Waals surface area contributed by atoms with Gasteiger partial charge in [-0.3, -0.25) is 9.59 Å². The van der Waals surface area contributed by atoms with Crippen molar-refractivity contribution in [2.24, 2.45) is 0 Å². The first kappa shape index (κ1) is 21.2. The van der Waals surface area contributed by atoms with Crippen LogP contribution in [0.5, 0.6) is 5.75 Å². The summed E-state index contributed by atoms with van der Waals surface area (Å²) in [4.78, 5) is 25.2. The highest BCUT2D eigenvalue weighted by atomic mass is 16.5. The van der Waals surface area contributed by atoms with E-state index >= 15 is 0 Å². The Bertz CT molecular complexity index is 1240. The van der Waals surface area contributed by atoms with Gasteiger partial charge in [-0.1, -0.05) is 18.2 Å². The first-order valence-corrected chi connectivity index (χ1v) is 10.4. The zero-order valence-electron chi connectivity index (χ0n) is 18.1. The van der Waals surface area contributed by atoms with Crippen molar-refractivity contribution in [1.29, 1.82) is 0 Å². The second kappa shape index (κ2) is 8.98. The molecule has 0 fully saturated rings. The summed E-state index contributed by atoms with van der Waals surface area (Å²) in [5.41, 5.74) is 3.28. The van der Waals surface area contributed by atoms with Crippen molar-refractivity contribution in [3.05, 3.63) is 89.7 Å². The number of ether oxygens (including phenoxy) is 1. The molecule has 3 aromatic carbocycles. The van der Waals surface area contributed by atoms with Crippen molar-refractivity contribution < 1.29 is 18.7 Å². The Labute approximate surface area is 186 Å². The average Bonchev–Trinajstić information content (AvgIpc) is 3.20. The first-order chi connectivity index (χ1) is 15.4. The maximum absolute atomic E-state index is 12.6. The molecule has 6 nitrogen and oxygen atoms in total. The number of furan rings is 1. The second-order valence-corrected chi connectivity index (χ2v) is 7.78. The Kier molecular flexibility index (Phi) is 5.94. The van der Waals surface area contributed by atoms with Crippen LogP contribution in [0.3, 0.4) is 0 Å². The smallest absolute Gasteiger partial charge is 0.291 e. The van der Waals surface area contributed by atoms with E-state index in [2.05, 4.69) is 10.6 Å². The number of para-hydroxylation sites is 1. The van der Waals surface area contributed by atoms with Crippen molar-refractivity contribution in [3.8, 4) is 5.75 Å². The Balaban J connectivity index is 1.42. The molecule has 0 aliphatic heterocycles. The van der Waals surface area contributed by atoms with Gasteiger partial charge in [0.15, 0.2) is 5.76 Å². The van der Waals surface area contributed by atoms with Crippen LogP contribution >= 0.6 is 0 Å². The van der Waals surface area contributed by atoms with E-state index in [-0.39, 0.29) is 23.7 Å². The number of carbonyl (C=O) groups excluding carboxylic acids is 2.